The molecular formula is C9H6O2. The van der Waals surface area contributed by atoms with E-state index in [4.69, 9.17) is 4.74 Å². The Bertz CT molecular complexity index is 291. The molecule has 11 heavy (non-hydrogen) atoms. The second-order valence-electron chi connectivity index (χ2n) is 2.32. The zero-order chi connectivity index (χ0) is 7.68. The predicted molar refractivity (Wildman–Crippen MR) is 39.0 cm³/mol. The first kappa shape index (κ1) is 6.40. The maximum atomic E-state index is 10.7. The maximum absolute atomic E-state index is 10.7. The van der Waals surface area contributed by atoms with Crippen LogP contribution in [-0.2, 0) is 4.79 Å². The zero-order valence-electron chi connectivity index (χ0n) is 5.83. The third-order valence-corrected chi connectivity index (χ3v) is 1.53. The van der Waals surface area contributed by atoms with E-state index in [1.54, 1.807) is 6.07 Å². The summed E-state index contributed by atoms with van der Waals surface area (Å²) < 4.78 is 4.93. The van der Waals surface area contributed by atoms with Crippen LogP contribution in [0.3, 0.4) is 0 Å². The summed E-state index contributed by atoms with van der Waals surface area (Å²) in [5.74, 6) is 0.382. The molecule has 2 nitrogen and oxygen atoms in total. The molecule has 1 aliphatic heterocycles. The van der Waals surface area contributed by atoms with Crippen LogP contribution in [0.25, 0.3) is 0 Å². The molecule has 2 heteroatoms. The normalized spacial score (nSPS) is 15.5. The van der Waals surface area contributed by atoms with Crippen molar-refractivity contribution < 1.29 is 9.53 Å². The largest absolute Gasteiger partial charge is 0.426 e. The van der Waals surface area contributed by atoms with Gasteiger partial charge in [-0.2, -0.15) is 0 Å². The van der Waals surface area contributed by atoms with Crippen LogP contribution in [0.2, 0.25) is 0 Å². The molecule has 0 fully saturated rings. The first-order chi connectivity index (χ1) is 5.36. The Morgan fingerprint density at radius 2 is 2.18 bits per heavy atom. The zero-order valence-corrected chi connectivity index (χ0v) is 5.83. The molecule has 1 heterocycles. The van der Waals surface area contributed by atoms with Gasteiger partial charge in [0.05, 0.1) is 6.42 Å². The lowest BCUT2D eigenvalue weighted by Crippen LogP contribution is -2.13. The first-order valence-electron chi connectivity index (χ1n) is 3.40. The van der Waals surface area contributed by atoms with Gasteiger partial charge in [0.25, 0.3) is 0 Å². The number of rotatable bonds is 0. The van der Waals surface area contributed by atoms with E-state index in [0.29, 0.717) is 5.75 Å². The van der Waals surface area contributed by atoms with Crippen LogP contribution < -0.4 is 4.74 Å². The molecule has 54 valence electrons. The fourth-order valence-electron chi connectivity index (χ4n) is 1.03. The smallest absolute Gasteiger partial charge is 0.312 e. The van der Waals surface area contributed by atoms with Crippen LogP contribution in [0.4, 0.5) is 0 Å². The van der Waals surface area contributed by atoms with Crippen molar-refractivity contribution >= 4 is 5.97 Å². The Hall–Kier alpha value is -1.31. The van der Waals surface area contributed by atoms with E-state index < -0.39 is 0 Å². The second kappa shape index (κ2) is 2.38. The second-order valence-corrected chi connectivity index (χ2v) is 2.32. The Kier molecular flexibility index (Phi) is 1.39. The molecule has 0 amide bonds. The van der Waals surface area contributed by atoms with Gasteiger partial charge in [0.2, 0.25) is 0 Å². The third kappa shape index (κ3) is 1.11. The average Bonchev–Trinajstić information content (AvgIpc) is 2.04. The molecule has 0 atom stereocenters. The van der Waals surface area contributed by atoms with Crippen LogP contribution in [0.15, 0.2) is 24.3 Å². The first-order valence-corrected chi connectivity index (χ1v) is 3.40. The lowest BCUT2D eigenvalue weighted by atomic mass is 10.1. The van der Waals surface area contributed by atoms with Crippen LogP contribution in [-0.4, -0.2) is 5.97 Å². The van der Waals surface area contributed by atoms with Crippen molar-refractivity contribution in [3.8, 4) is 5.75 Å². The number of carbonyl (C=O) groups is 1. The van der Waals surface area contributed by atoms with E-state index in [1.807, 2.05) is 18.2 Å². The molecular weight excluding hydrogens is 140 g/mol. The molecule has 0 aromatic heterocycles. The summed E-state index contributed by atoms with van der Waals surface area (Å²) in [6.07, 6.45) is 3.20. The summed E-state index contributed by atoms with van der Waals surface area (Å²) in [6.45, 7) is 0. The van der Waals surface area contributed by atoms with Crippen molar-refractivity contribution in [2.75, 3.05) is 0 Å². The topological polar surface area (TPSA) is 26.3 Å². The minimum absolute atomic E-state index is 0.233. The summed E-state index contributed by atoms with van der Waals surface area (Å²) in [7, 11) is 0. The van der Waals surface area contributed by atoms with Crippen LogP contribution in [0.5, 0.6) is 5.75 Å². The highest BCUT2D eigenvalue weighted by Gasteiger charge is 2.15. The highest BCUT2D eigenvalue weighted by molar-refractivity contribution is 5.77. The van der Waals surface area contributed by atoms with Crippen molar-refractivity contribution in [3.63, 3.8) is 0 Å². The van der Waals surface area contributed by atoms with Crippen LogP contribution in [0.1, 0.15) is 12.0 Å². The van der Waals surface area contributed by atoms with Crippen molar-refractivity contribution in [1.82, 2.24) is 0 Å². The minimum atomic E-state index is -0.233. The van der Waals surface area contributed by atoms with Gasteiger partial charge in [-0.25, -0.2) is 0 Å². The van der Waals surface area contributed by atoms with Gasteiger partial charge in [0, 0.05) is 12.0 Å². The predicted octanol–water partition coefficient (Wildman–Crippen LogP) is 1.43. The molecule has 0 aliphatic carbocycles. The summed E-state index contributed by atoms with van der Waals surface area (Å²) in [5.41, 5.74) is 0.882. The highest BCUT2D eigenvalue weighted by Crippen LogP contribution is 2.25. The SMILES string of the molecule is O=C1C[C]c2ccccc2O1. The number of benzene rings is 1. The Morgan fingerprint density at radius 1 is 1.36 bits per heavy atom. The van der Waals surface area contributed by atoms with Gasteiger partial charge in [-0.3, -0.25) is 4.79 Å². The number of ether oxygens (including phenoxy) is 1. The molecule has 0 spiro atoms. The number of hydrogen-bond donors (Lipinski definition) is 0. The average molecular weight is 146 g/mol. The summed E-state index contributed by atoms with van der Waals surface area (Å²) >= 11 is 0. The quantitative estimate of drug-likeness (QED) is 0.408. The molecule has 2 rings (SSSR count). The van der Waals surface area contributed by atoms with Crippen LogP contribution in [0, 0.1) is 6.42 Å². The standard InChI is InChI=1S/C9H6O2/c10-9-6-5-7-3-1-2-4-8(7)11-9/h1-4H,6H2. The van der Waals surface area contributed by atoms with Gasteiger partial charge in [0.1, 0.15) is 5.75 Å². The molecule has 0 N–H and O–H groups in total. The van der Waals surface area contributed by atoms with E-state index in [1.165, 1.54) is 0 Å². The molecule has 2 radical (unpaired) electrons. The molecule has 0 unspecified atom stereocenters. The lowest BCUT2D eigenvalue weighted by Gasteiger charge is -2.13. The fraction of sp³-hybridized carbons (Fsp3) is 0.111. The number of esters is 1. The summed E-state index contributed by atoms with van der Waals surface area (Å²) in [4.78, 5) is 10.7. The van der Waals surface area contributed by atoms with Crippen molar-refractivity contribution in [2.45, 2.75) is 6.42 Å². The lowest BCUT2D eigenvalue weighted by molar-refractivity contribution is -0.134. The van der Waals surface area contributed by atoms with Gasteiger partial charge in [0.15, 0.2) is 0 Å². The van der Waals surface area contributed by atoms with Gasteiger partial charge < -0.3 is 4.74 Å². The van der Waals surface area contributed by atoms with Gasteiger partial charge in [-0.05, 0) is 6.07 Å². The van der Waals surface area contributed by atoms with E-state index in [9.17, 15) is 4.79 Å². The molecule has 1 aliphatic rings. The van der Waals surface area contributed by atoms with E-state index in [0.717, 1.165) is 5.56 Å². The van der Waals surface area contributed by atoms with Crippen molar-refractivity contribution in [3.05, 3.63) is 36.2 Å². The monoisotopic (exact) mass is 146 g/mol. The molecule has 0 saturated carbocycles. The molecule has 1 aromatic carbocycles. The van der Waals surface area contributed by atoms with Gasteiger partial charge in [-0.1, -0.05) is 18.2 Å². The Labute approximate surface area is 64.8 Å². The van der Waals surface area contributed by atoms with E-state index in [-0.39, 0.29) is 12.4 Å². The van der Waals surface area contributed by atoms with Gasteiger partial charge >= 0.3 is 5.97 Å². The van der Waals surface area contributed by atoms with E-state index in [2.05, 4.69) is 6.42 Å². The van der Waals surface area contributed by atoms with Gasteiger partial charge in [-0.15, -0.1) is 0 Å². The third-order valence-electron chi connectivity index (χ3n) is 1.53. The number of fused-ring (bicyclic) bond motifs is 1. The number of hydrogen-bond acceptors (Lipinski definition) is 2. The molecule has 1 aromatic rings. The summed E-state index contributed by atoms with van der Waals surface area (Å²) in [6, 6.07) is 7.37. The minimum Gasteiger partial charge on any atom is -0.426 e. The Balaban J connectivity index is 2.41. The Morgan fingerprint density at radius 3 is 3.09 bits per heavy atom. The fourth-order valence-corrected chi connectivity index (χ4v) is 1.03. The molecule has 0 bridgehead atoms. The summed E-state index contributed by atoms with van der Waals surface area (Å²) in [5, 5.41) is 0. The highest BCUT2D eigenvalue weighted by atomic mass is 16.5. The van der Waals surface area contributed by atoms with Crippen molar-refractivity contribution in [2.24, 2.45) is 0 Å². The number of carbonyl (C=O) groups excluding carboxylic acids is 1. The number of para-hydroxylation sites is 1. The van der Waals surface area contributed by atoms with Crippen molar-refractivity contribution in [1.29, 1.82) is 0 Å². The van der Waals surface area contributed by atoms with Crippen LogP contribution >= 0.6 is 0 Å². The van der Waals surface area contributed by atoms with E-state index >= 15 is 0 Å². The maximum Gasteiger partial charge on any atom is 0.312 e. The molecule has 0 saturated heterocycles.